The maximum Gasteiger partial charge on any atom is 0.335 e. The first-order chi connectivity index (χ1) is 17.6. The Kier molecular flexibility index (Phi) is 6.07. The molecule has 0 spiro atoms. The molecule has 4 aromatic rings. The first-order valence-corrected chi connectivity index (χ1v) is 12.6. The highest BCUT2D eigenvalue weighted by Gasteiger charge is 2.44. The number of benzene rings is 2. The summed E-state index contributed by atoms with van der Waals surface area (Å²) < 4.78 is 22.0. The second kappa shape index (κ2) is 9.00. The van der Waals surface area contributed by atoms with Gasteiger partial charge in [0.1, 0.15) is 5.82 Å². The van der Waals surface area contributed by atoms with Gasteiger partial charge in [0, 0.05) is 41.1 Å². The molecule has 1 aliphatic rings. The van der Waals surface area contributed by atoms with Crippen LogP contribution in [0.3, 0.4) is 0 Å². The number of fused-ring (bicyclic) bond motifs is 2. The maximum absolute atomic E-state index is 14.3. The molecule has 0 amide bonds. The van der Waals surface area contributed by atoms with E-state index in [1.807, 2.05) is 6.07 Å². The van der Waals surface area contributed by atoms with Crippen molar-refractivity contribution in [3.63, 3.8) is 0 Å². The highest BCUT2D eigenvalue weighted by atomic mass is 19.1. The van der Waals surface area contributed by atoms with Crippen LogP contribution in [-0.4, -0.2) is 38.6 Å². The molecule has 1 fully saturated rings. The molecule has 8 heteroatoms. The summed E-state index contributed by atoms with van der Waals surface area (Å²) in [6.45, 7) is 5.87. The molecule has 2 aromatic carbocycles. The largest absolute Gasteiger partial charge is 0.479 e. The van der Waals surface area contributed by atoms with Crippen LogP contribution in [0.4, 0.5) is 4.39 Å². The zero-order chi connectivity index (χ0) is 26.5. The van der Waals surface area contributed by atoms with Gasteiger partial charge in [-0.3, -0.25) is 5.10 Å². The molecule has 5 rings (SSSR count). The Morgan fingerprint density at radius 1 is 1.32 bits per heavy atom. The molecule has 0 bridgehead atoms. The van der Waals surface area contributed by atoms with E-state index in [1.54, 1.807) is 19.2 Å². The molecule has 7 nitrogen and oxygen atoms in total. The van der Waals surface area contributed by atoms with Gasteiger partial charge in [-0.2, -0.15) is 10.4 Å². The van der Waals surface area contributed by atoms with E-state index >= 15 is 0 Å². The van der Waals surface area contributed by atoms with E-state index in [9.17, 15) is 19.6 Å². The van der Waals surface area contributed by atoms with Crippen molar-refractivity contribution in [1.29, 1.82) is 5.26 Å². The lowest BCUT2D eigenvalue weighted by Gasteiger charge is -2.37. The first-order valence-electron chi connectivity index (χ1n) is 12.6. The topological polar surface area (TPSA) is 104 Å². The third-order valence-corrected chi connectivity index (χ3v) is 8.11. The molecule has 0 unspecified atom stereocenters. The number of methoxy groups -OCH3 is 1. The molecule has 0 saturated heterocycles. The predicted molar refractivity (Wildman–Crippen MR) is 139 cm³/mol. The normalized spacial score (nSPS) is 20.4. The quantitative estimate of drug-likeness (QED) is 0.323. The number of aromatic amines is 1. The van der Waals surface area contributed by atoms with Crippen molar-refractivity contribution in [3.05, 3.63) is 59.2 Å². The molecule has 1 aliphatic carbocycles. The molecule has 2 heterocycles. The van der Waals surface area contributed by atoms with Crippen LogP contribution in [0.15, 0.2) is 36.5 Å². The number of carbonyl (C=O) groups is 1. The molecule has 1 saturated carbocycles. The van der Waals surface area contributed by atoms with Crippen molar-refractivity contribution >= 4 is 27.8 Å². The van der Waals surface area contributed by atoms with E-state index in [0.717, 1.165) is 38.8 Å². The lowest BCUT2D eigenvalue weighted by atomic mass is 9.72. The summed E-state index contributed by atoms with van der Waals surface area (Å²) in [5.41, 5.74) is 3.63. The number of hydrogen-bond donors (Lipinski definition) is 2. The highest BCUT2D eigenvalue weighted by molar-refractivity contribution is 5.99. The Labute approximate surface area is 214 Å². The predicted octanol–water partition coefficient (Wildman–Crippen LogP) is 6.27. The highest BCUT2D eigenvalue weighted by Crippen LogP contribution is 2.49. The fourth-order valence-corrected chi connectivity index (χ4v) is 6.02. The van der Waals surface area contributed by atoms with Crippen molar-refractivity contribution in [2.24, 2.45) is 0 Å². The minimum absolute atomic E-state index is 0.0706. The number of aromatic nitrogens is 3. The minimum atomic E-state index is -1.18. The van der Waals surface area contributed by atoms with Crippen molar-refractivity contribution in [3.8, 4) is 11.8 Å². The summed E-state index contributed by atoms with van der Waals surface area (Å²) in [5.74, 6) is -1.13. The Balaban J connectivity index is 1.82. The Hall–Kier alpha value is -3.70. The molecule has 37 heavy (non-hydrogen) atoms. The van der Waals surface area contributed by atoms with E-state index in [4.69, 9.17) is 4.74 Å². The maximum atomic E-state index is 14.3. The van der Waals surface area contributed by atoms with Gasteiger partial charge in [-0.25, -0.2) is 9.18 Å². The van der Waals surface area contributed by atoms with Crippen molar-refractivity contribution in [2.75, 3.05) is 7.11 Å². The van der Waals surface area contributed by atoms with E-state index in [2.05, 4.69) is 46.8 Å². The van der Waals surface area contributed by atoms with Crippen LogP contribution in [-0.2, 0) is 14.9 Å². The Bertz CT molecular complexity index is 1550. The second-order valence-electron chi connectivity index (χ2n) is 10.9. The summed E-state index contributed by atoms with van der Waals surface area (Å²) in [6, 6.07) is 11.6. The number of carboxylic acid groups (broad SMARTS) is 1. The summed E-state index contributed by atoms with van der Waals surface area (Å²) in [4.78, 5) is 12.0. The first kappa shape index (κ1) is 25.0. The minimum Gasteiger partial charge on any atom is -0.479 e. The number of rotatable bonds is 6. The third kappa shape index (κ3) is 3.98. The number of nitrogens with zero attached hydrogens (tertiary/aromatic N) is 3. The van der Waals surface area contributed by atoms with E-state index < -0.39 is 17.0 Å². The van der Waals surface area contributed by atoms with Crippen molar-refractivity contribution in [1.82, 2.24) is 14.8 Å². The van der Waals surface area contributed by atoms with Gasteiger partial charge in [-0.1, -0.05) is 13.8 Å². The zero-order valence-corrected chi connectivity index (χ0v) is 21.6. The summed E-state index contributed by atoms with van der Waals surface area (Å²) in [6.07, 6.45) is 4.14. The van der Waals surface area contributed by atoms with Crippen LogP contribution in [0, 0.1) is 24.1 Å². The van der Waals surface area contributed by atoms with Gasteiger partial charge < -0.3 is 14.4 Å². The SMILES string of the molecule is CO[C@]1(C(=O)O)CC[C@H](c2c(C(C)(C)CC#N)n(-c3ccc(F)c(C)c3)c3cc4cn[nH]c4cc32)CC1. The average Bonchev–Trinajstić information content (AvgIpc) is 3.46. The number of carboxylic acids is 1. The number of aryl methyl sites for hydroxylation is 1. The Morgan fingerprint density at radius 2 is 2.05 bits per heavy atom. The molecule has 0 radical (unpaired) electrons. The third-order valence-electron chi connectivity index (χ3n) is 8.11. The molecular weight excluding hydrogens is 471 g/mol. The lowest BCUT2D eigenvalue weighted by molar-refractivity contribution is -0.166. The molecule has 2 N–H and O–H groups in total. The molecule has 0 atom stereocenters. The van der Waals surface area contributed by atoms with Gasteiger partial charge in [0.2, 0.25) is 0 Å². The van der Waals surface area contributed by atoms with Crippen LogP contribution in [0.25, 0.3) is 27.5 Å². The second-order valence-corrected chi connectivity index (χ2v) is 10.9. The van der Waals surface area contributed by atoms with Crippen molar-refractivity contribution in [2.45, 2.75) is 69.8 Å². The molecule has 2 aromatic heterocycles. The summed E-state index contributed by atoms with van der Waals surface area (Å²) in [7, 11) is 1.47. The monoisotopic (exact) mass is 502 g/mol. The van der Waals surface area contributed by atoms with Gasteiger partial charge in [-0.15, -0.1) is 0 Å². The fraction of sp³-hybridized carbons (Fsp3) is 0.414. The number of nitriles is 1. The number of H-pyrrole nitrogens is 1. The van der Waals surface area contributed by atoms with E-state index in [0.29, 0.717) is 37.7 Å². The van der Waals surface area contributed by atoms with Gasteiger partial charge in [0.05, 0.1) is 23.3 Å². The van der Waals surface area contributed by atoms with Crippen LogP contribution < -0.4 is 0 Å². The lowest BCUT2D eigenvalue weighted by Crippen LogP contribution is -2.43. The van der Waals surface area contributed by atoms with Gasteiger partial charge in [-0.05, 0) is 80.0 Å². The number of halogens is 1. The standard InChI is InChI=1S/C29H31FN4O3/c1-17-13-20(5-6-22(17)30)34-24-14-19-16-32-33-23(19)15-21(24)25(26(34)28(2,3)11-12-31)18-7-9-29(37-4,10-8-18)27(35)36/h5-6,13-16,18H,7-11H2,1-4H3,(H,32,33)(H,35,36)/t18-,29+. The zero-order valence-electron chi connectivity index (χ0n) is 21.6. The molecular formula is C29H31FN4O3. The summed E-state index contributed by atoms with van der Waals surface area (Å²) >= 11 is 0. The van der Waals surface area contributed by atoms with Crippen LogP contribution in [0.1, 0.15) is 68.7 Å². The molecule has 192 valence electrons. The average molecular weight is 503 g/mol. The number of nitrogens with one attached hydrogen (secondary N) is 1. The van der Waals surface area contributed by atoms with Gasteiger partial charge >= 0.3 is 5.97 Å². The van der Waals surface area contributed by atoms with E-state index in [-0.39, 0.29) is 11.7 Å². The van der Waals surface area contributed by atoms with Gasteiger partial charge in [0.25, 0.3) is 0 Å². The van der Waals surface area contributed by atoms with Crippen molar-refractivity contribution < 1.29 is 19.0 Å². The van der Waals surface area contributed by atoms with Gasteiger partial charge in [0.15, 0.2) is 5.60 Å². The molecule has 0 aliphatic heterocycles. The number of aliphatic carboxylic acids is 1. The smallest absolute Gasteiger partial charge is 0.335 e. The number of hydrogen-bond acceptors (Lipinski definition) is 4. The van der Waals surface area contributed by atoms with E-state index in [1.165, 1.54) is 13.2 Å². The summed E-state index contributed by atoms with van der Waals surface area (Å²) in [5, 5.41) is 28.9. The number of ether oxygens (including phenoxy) is 1. The van der Waals surface area contributed by atoms with Crippen LogP contribution in [0.5, 0.6) is 0 Å². The Morgan fingerprint density at radius 3 is 2.68 bits per heavy atom. The van der Waals surface area contributed by atoms with Crippen LogP contribution >= 0.6 is 0 Å². The fourth-order valence-electron chi connectivity index (χ4n) is 6.02. The van der Waals surface area contributed by atoms with Crippen LogP contribution in [0.2, 0.25) is 0 Å².